The van der Waals surface area contributed by atoms with Crippen molar-refractivity contribution in [1.82, 2.24) is 5.32 Å². The fourth-order valence-electron chi connectivity index (χ4n) is 3.49. The van der Waals surface area contributed by atoms with Gasteiger partial charge < -0.3 is 32.8 Å². The average molecular weight is 494 g/mol. The van der Waals surface area contributed by atoms with Gasteiger partial charge in [0.05, 0.1) is 26.4 Å². The molecule has 8 nitrogen and oxygen atoms in total. The average Bonchev–Trinajstić information content (AvgIpc) is 2.79. The molecule has 0 saturated heterocycles. The first-order valence-electron chi connectivity index (χ1n) is 13.1. The Morgan fingerprint density at radius 1 is 0.606 bits per heavy atom. The molecule has 0 aliphatic carbocycles. The van der Waals surface area contributed by atoms with E-state index in [9.17, 15) is 4.79 Å². The van der Waals surface area contributed by atoms with Crippen LogP contribution in [0.25, 0.3) is 0 Å². The first kappa shape index (κ1) is 32.3. The predicted octanol–water partition coefficient (Wildman–Crippen LogP) is 5.33. The Hall–Kier alpha value is -0.713. The van der Waals surface area contributed by atoms with Gasteiger partial charge in [0.25, 0.3) is 0 Å². The van der Waals surface area contributed by atoms with E-state index in [1.54, 1.807) is 0 Å². The third-order valence-electron chi connectivity index (χ3n) is 5.05. The Morgan fingerprint density at radius 3 is 1.67 bits per heavy atom. The maximum absolute atomic E-state index is 11.6. The van der Waals surface area contributed by atoms with Gasteiger partial charge in [0, 0.05) is 39.0 Å². The van der Waals surface area contributed by atoms with Crippen LogP contribution in [-0.4, -0.2) is 74.3 Å². The monoisotopic (exact) mass is 493 g/mol. The summed E-state index contributed by atoms with van der Waals surface area (Å²) in [6.07, 6.45) is 10.1. The lowest BCUT2D eigenvalue weighted by molar-refractivity contribution is 0.0533. The van der Waals surface area contributed by atoms with Crippen LogP contribution >= 0.6 is 0 Å². The largest absolute Gasteiger partial charge is 0.500 e. The summed E-state index contributed by atoms with van der Waals surface area (Å²) < 4.78 is 33.4. The molecule has 0 rings (SSSR count). The molecule has 0 aliphatic rings. The van der Waals surface area contributed by atoms with Crippen LogP contribution in [0.4, 0.5) is 4.79 Å². The van der Waals surface area contributed by atoms with Gasteiger partial charge in [0.1, 0.15) is 0 Å². The van der Waals surface area contributed by atoms with Gasteiger partial charge in [0.2, 0.25) is 0 Å². The molecular weight excluding hydrogens is 442 g/mol. The molecule has 0 unspecified atom stereocenters. The molecule has 198 valence electrons. The molecule has 0 spiro atoms. The van der Waals surface area contributed by atoms with Crippen molar-refractivity contribution in [3.8, 4) is 0 Å². The van der Waals surface area contributed by atoms with E-state index >= 15 is 0 Å². The highest BCUT2D eigenvalue weighted by Crippen LogP contribution is 2.21. The second-order valence-corrected chi connectivity index (χ2v) is 10.5. The molecule has 1 amide bonds. The van der Waals surface area contributed by atoms with Crippen LogP contribution in [0.15, 0.2) is 0 Å². The van der Waals surface area contributed by atoms with Gasteiger partial charge in [-0.05, 0) is 40.5 Å². The molecule has 9 heteroatoms. The number of carbonyl (C=O) groups excluding carboxylic acids is 1. The molecule has 0 fully saturated rings. The minimum atomic E-state index is -2.47. The molecule has 0 bridgehead atoms. The molecule has 0 radical (unpaired) electrons. The van der Waals surface area contributed by atoms with Crippen LogP contribution in [0.3, 0.4) is 0 Å². The van der Waals surface area contributed by atoms with Gasteiger partial charge in [-0.25, -0.2) is 4.79 Å². The molecule has 33 heavy (non-hydrogen) atoms. The highest BCUT2D eigenvalue weighted by molar-refractivity contribution is 6.60. The Kier molecular flexibility index (Phi) is 23.9. The second kappa shape index (κ2) is 24.4. The molecule has 0 aromatic heterocycles. The summed E-state index contributed by atoms with van der Waals surface area (Å²) >= 11 is 0. The summed E-state index contributed by atoms with van der Waals surface area (Å²) in [6.45, 7) is 13.1. The zero-order valence-electron chi connectivity index (χ0n) is 21.8. The van der Waals surface area contributed by atoms with E-state index in [4.69, 9.17) is 27.5 Å². The van der Waals surface area contributed by atoms with Crippen molar-refractivity contribution in [3.63, 3.8) is 0 Å². The maximum Gasteiger partial charge on any atom is 0.500 e. The van der Waals surface area contributed by atoms with E-state index in [-0.39, 0.29) is 6.09 Å². The smallest absolute Gasteiger partial charge is 0.450 e. The first-order chi connectivity index (χ1) is 16.1. The van der Waals surface area contributed by atoms with Crippen LogP contribution in [0.2, 0.25) is 6.04 Å². The summed E-state index contributed by atoms with van der Waals surface area (Å²) in [5, 5.41) is 2.69. The fourth-order valence-corrected chi connectivity index (χ4v) is 6.17. The number of carbonyl (C=O) groups is 1. The van der Waals surface area contributed by atoms with Gasteiger partial charge in [-0.1, -0.05) is 44.9 Å². The second-order valence-electron chi connectivity index (χ2n) is 7.79. The van der Waals surface area contributed by atoms with Gasteiger partial charge >= 0.3 is 14.9 Å². The number of alkyl carbamates (subject to hydrolysis) is 1. The first-order valence-corrected chi connectivity index (χ1v) is 15.0. The van der Waals surface area contributed by atoms with E-state index in [2.05, 4.69) is 5.32 Å². The Labute approximate surface area is 203 Å². The summed E-state index contributed by atoms with van der Waals surface area (Å²) in [5.74, 6) is 0. The third-order valence-corrected chi connectivity index (χ3v) is 8.20. The van der Waals surface area contributed by atoms with Crippen LogP contribution in [-0.2, 0) is 27.5 Å². The van der Waals surface area contributed by atoms with Gasteiger partial charge in [0.15, 0.2) is 0 Å². The number of hydrogen-bond donors (Lipinski definition) is 1. The highest BCUT2D eigenvalue weighted by Gasteiger charge is 2.39. The van der Waals surface area contributed by atoms with Crippen molar-refractivity contribution in [2.45, 2.75) is 91.5 Å². The summed E-state index contributed by atoms with van der Waals surface area (Å²) in [6, 6.07) is 0.914. The van der Waals surface area contributed by atoms with Crippen LogP contribution < -0.4 is 5.32 Å². The zero-order valence-corrected chi connectivity index (χ0v) is 22.8. The molecule has 0 atom stereocenters. The minimum Gasteiger partial charge on any atom is -0.450 e. The van der Waals surface area contributed by atoms with Crippen molar-refractivity contribution in [2.24, 2.45) is 0 Å². The Bertz CT molecular complexity index is 413. The normalized spacial score (nSPS) is 11.6. The molecule has 1 N–H and O–H groups in total. The lowest BCUT2D eigenvalue weighted by Crippen LogP contribution is -2.45. The number of hydrogen-bond acceptors (Lipinski definition) is 7. The lowest BCUT2D eigenvalue weighted by atomic mass is 10.1. The summed E-state index contributed by atoms with van der Waals surface area (Å²) in [7, 11) is -2.47. The van der Waals surface area contributed by atoms with Gasteiger partial charge in [-0.3, -0.25) is 0 Å². The number of ether oxygens (including phenoxy) is 3. The minimum absolute atomic E-state index is 0.367. The molecular formula is C24H51NO7Si. The quantitative estimate of drug-likeness (QED) is 0.136. The molecule has 0 aromatic carbocycles. The van der Waals surface area contributed by atoms with Gasteiger partial charge in [-0.2, -0.15) is 0 Å². The van der Waals surface area contributed by atoms with Gasteiger partial charge in [-0.15, -0.1) is 0 Å². The molecule has 0 heterocycles. The van der Waals surface area contributed by atoms with Crippen LogP contribution in [0.1, 0.15) is 85.5 Å². The topological polar surface area (TPSA) is 84.5 Å². The Morgan fingerprint density at radius 2 is 1.12 bits per heavy atom. The summed E-state index contributed by atoms with van der Waals surface area (Å²) in [5.41, 5.74) is 0. The van der Waals surface area contributed by atoms with E-state index < -0.39 is 8.80 Å². The number of nitrogens with one attached hydrogen (secondary N) is 1. The van der Waals surface area contributed by atoms with E-state index in [1.165, 1.54) is 38.5 Å². The van der Waals surface area contributed by atoms with Crippen LogP contribution in [0.5, 0.6) is 0 Å². The standard InChI is InChI=1S/C24H51NO7Si/c1-5-27-21-22-28-20-18-25-24(26)29-19-16-14-12-10-9-11-13-15-17-23-33(30-6-2,31-7-3)32-8-4/h5-23H2,1-4H3,(H,25,26). The van der Waals surface area contributed by atoms with Crippen molar-refractivity contribution >= 4 is 14.9 Å². The van der Waals surface area contributed by atoms with Crippen molar-refractivity contribution < 1.29 is 32.3 Å². The number of rotatable bonds is 25. The zero-order chi connectivity index (χ0) is 24.5. The van der Waals surface area contributed by atoms with Crippen molar-refractivity contribution in [1.29, 1.82) is 0 Å². The van der Waals surface area contributed by atoms with Crippen molar-refractivity contribution in [3.05, 3.63) is 0 Å². The SMILES string of the molecule is CCOCCOCCNC(=O)OCCCCCCCCCCC[Si](OCC)(OCC)OCC. The molecule has 0 saturated carbocycles. The van der Waals surface area contributed by atoms with Crippen molar-refractivity contribution in [2.75, 3.05) is 59.4 Å². The Balaban J connectivity index is 3.49. The predicted molar refractivity (Wildman–Crippen MR) is 134 cm³/mol. The number of amides is 1. The third kappa shape index (κ3) is 20.4. The maximum atomic E-state index is 11.6. The molecule has 0 aliphatic heterocycles. The van der Waals surface area contributed by atoms with E-state index in [0.29, 0.717) is 59.4 Å². The number of unbranched alkanes of at least 4 members (excludes halogenated alkanes) is 8. The fraction of sp³-hybridized carbons (Fsp3) is 0.958. The lowest BCUT2D eigenvalue weighted by Gasteiger charge is -2.28. The summed E-state index contributed by atoms with van der Waals surface area (Å²) in [4.78, 5) is 11.6. The van der Waals surface area contributed by atoms with Crippen LogP contribution in [0, 0.1) is 0 Å². The van der Waals surface area contributed by atoms with E-state index in [0.717, 1.165) is 25.3 Å². The highest BCUT2D eigenvalue weighted by atomic mass is 28.4. The molecule has 0 aromatic rings. The van der Waals surface area contributed by atoms with E-state index in [1.807, 2.05) is 27.7 Å².